The van der Waals surface area contributed by atoms with Crippen molar-refractivity contribution in [3.8, 4) is 0 Å². The number of carboxylic acids is 1. The molecule has 1 aromatic carbocycles. The van der Waals surface area contributed by atoms with Crippen LogP contribution in [-0.4, -0.2) is 17.0 Å². The van der Waals surface area contributed by atoms with Crippen molar-refractivity contribution in [1.82, 2.24) is 0 Å². The summed E-state index contributed by atoms with van der Waals surface area (Å²) >= 11 is 1.01. The van der Waals surface area contributed by atoms with Gasteiger partial charge in [0, 0.05) is 5.39 Å². The Morgan fingerprint density at radius 1 is 1.15 bits per heavy atom. The number of carbonyl (C=O) groups excluding carboxylic acids is 1. The predicted molar refractivity (Wildman–Crippen MR) is 75.4 cm³/mol. The van der Waals surface area contributed by atoms with Gasteiger partial charge in [-0.25, -0.2) is 4.79 Å². The van der Waals surface area contributed by atoms with Crippen LogP contribution in [0.2, 0.25) is 0 Å². The molecule has 0 aliphatic rings. The Balaban J connectivity index is 1.87. The molecule has 20 heavy (non-hydrogen) atoms. The lowest BCUT2D eigenvalue weighted by Crippen LogP contribution is -2.10. The van der Waals surface area contributed by atoms with Gasteiger partial charge < -0.3 is 14.8 Å². The number of benzene rings is 1. The van der Waals surface area contributed by atoms with Gasteiger partial charge in [-0.05, 0) is 18.2 Å². The number of hydrogen-bond acceptors (Lipinski definition) is 4. The number of fused-ring (bicyclic) bond motifs is 1. The first-order chi connectivity index (χ1) is 9.65. The number of carbonyl (C=O) groups is 2. The molecule has 3 aromatic rings. The van der Waals surface area contributed by atoms with Gasteiger partial charge in [-0.2, -0.15) is 0 Å². The average molecular weight is 287 g/mol. The Morgan fingerprint density at radius 2 is 1.95 bits per heavy atom. The van der Waals surface area contributed by atoms with Crippen molar-refractivity contribution in [3.63, 3.8) is 0 Å². The molecule has 2 heterocycles. The SMILES string of the molecule is O=C(O)c1ccc(NC(=O)c2coc3ccccc23)s1. The quantitative estimate of drug-likeness (QED) is 0.773. The van der Waals surface area contributed by atoms with Crippen LogP contribution in [0.4, 0.5) is 5.00 Å². The molecule has 2 aromatic heterocycles. The average Bonchev–Trinajstić information content (AvgIpc) is 3.04. The zero-order valence-electron chi connectivity index (χ0n) is 10.1. The Labute approximate surface area is 117 Å². The maximum atomic E-state index is 12.2. The third kappa shape index (κ3) is 2.17. The Morgan fingerprint density at radius 3 is 2.70 bits per heavy atom. The van der Waals surface area contributed by atoms with Crippen molar-refractivity contribution in [3.05, 3.63) is 53.1 Å². The molecule has 0 atom stereocenters. The number of thiophene rings is 1. The highest BCUT2D eigenvalue weighted by Crippen LogP contribution is 2.25. The number of para-hydroxylation sites is 1. The third-order valence-corrected chi connectivity index (χ3v) is 3.77. The molecule has 0 unspecified atom stereocenters. The van der Waals surface area contributed by atoms with E-state index in [4.69, 9.17) is 9.52 Å². The van der Waals surface area contributed by atoms with E-state index in [1.54, 1.807) is 18.2 Å². The van der Waals surface area contributed by atoms with Crippen LogP contribution in [0.5, 0.6) is 0 Å². The lowest BCUT2D eigenvalue weighted by Gasteiger charge is -1.99. The molecular weight excluding hydrogens is 278 g/mol. The fourth-order valence-electron chi connectivity index (χ4n) is 1.85. The molecule has 100 valence electrons. The van der Waals surface area contributed by atoms with E-state index in [2.05, 4.69) is 5.32 Å². The maximum Gasteiger partial charge on any atom is 0.345 e. The second-order valence-electron chi connectivity index (χ2n) is 4.07. The van der Waals surface area contributed by atoms with E-state index in [1.807, 2.05) is 12.1 Å². The van der Waals surface area contributed by atoms with E-state index >= 15 is 0 Å². The summed E-state index contributed by atoms with van der Waals surface area (Å²) in [5.41, 5.74) is 1.06. The van der Waals surface area contributed by atoms with Crippen LogP contribution in [0.3, 0.4) is 0 Å². The molecule has 0 bridgehead atoms. The van der Waals surface area contributed by atoms with Gasteiger partial charge in [0.05, 0.1) is 10.6 Å². The van der Waals surface area contributed by atoms with Crippen LogP contribution < -0.4 is 5.32 Å². The smallest absolute Gasteiger partial charge is 0.345 e. The summed E-state index contributed by atoms with van der Waals surface area (Å²) in [5, 5.41) is 12.7. The molecule has 0 radical (unpaired) electrons. The lowest BCUT2D eigenvalue weighted by molar-refractivity contribution is 0.0702. The van der Waals surface area contributed by atoms with Crippen LogP contribution in [0, 0.1) is 0 Å². The summed E-state index contributed by atoms with van der Waals surface area (Å²) in [4.78, 5) is 23.1. The van der Waals surface area contributed by atoms with Gasteiger partial charge in [0.1, 0.15) is 16.7 Å². The lowest BCUT2D eigenvalue weighted by atomic mass is 10.2. The van der Waals surface area contributed by atoms with E-state index < -0.39 is 5.97 Å². The highest BCUT2D eigenvalue weighted by atomic mass is 32.1. The number of amides is 1. The molecule has 0 saturated carbocycles. The van der Waals surface area contributed by atoms with E-state index in [0.29, 0.717) is 16.1 Å². The van der Waals surface area contributed by atoms with Crippen LogP contribution in [0.15, 0.2) is 47.1 Å². The van der Waals surface area contributed by atoms with Gasteiger partial charge in [-0.1, -0.05) is 18.2 Å². The number of furan rings is 1. The van der Waals surface area contributed by atoms with Crippen molar-refractivity contribution in [2.45, 2.75) is 0 Å². The number of carboxylic acid groups (broad SMARTS) is 1. The zero-order valence-corrected chi connectivity index (χ0v) is 10.9. The monoisotopic (exact) mass is 287 g/mol. The van der Waals surface area contributed by atoms with Crippen molar-refractivity contribution >= 4 is 39.2 Å². The summed E-state index contributed by atoms with van der Waals surface area (Å²) in [6, 6.07) is 10.2. The van der Waals surface area contributed by atoms with Crippen LogP contribution in [-0.2, 0) is 0 Å². The highest BCUT2D eigenvalue weighted by Gasteiger charge is 2.15. The van der Waals surface area contributed by atoms with Crippen molar-refractivity contribution in [1.29, 1.82) is 0 Å². The van der Waals surface area contributed by atoms with Gasteiger partial charge in [-0.3, -0.25) is 4.79 Å². The normalized spacial score (nSPS) is 10.6. The number of nitrogens with one attached hydrogen (secondary N) is 1. The van der Waals surface area contributed by atoms with Gasteiger partial charge >= 0.3 is 5.97 Å². The summed E-state index contributed by atoms with van der Waals surface area (Å²) in [6.45, 7) is 0. The van der Waals surface area contributed by atoms with E-state index in [0.717, 1.165) is 16.7 Å². The first-order valence-corrected chi connectivity index (χ1v) is 6.57. The molecule has 3 rings (SSSR count). The molecule has 0 fully saturated rings. The zero-order chi connectivity index (χ0) is 14.1. The summed E-state index contributed by atoms with van der Waals surface area (Å²) in [5.74, 6) is -1.34. The highest BCUT2D eigenvalue weighted by molar-refractivity contribution is 7.18. The molecule has 0 aliphatic heterocycles. The summed E-state index contributed by atoms with van der Waals surface area (Å²) < 4.78 is 5.30. The molecule has 5 nitrogen and oxygen atoms in total. The molecule has 1 amide bonds. The van der Waals surface area contributed by atoms with Crippen LogP contribution in [0.1, 0.15) is 20.0 Å². The molecular formula is C14H9NO4S. The third-order valence-electron chi connectivity index (χ3n) is 2.78. The van der Waals surface area contributed by atoms with E-state index in [9.17, 15) is 9.59 Å². The fourth-order valence-corrected chi connectivity index (χ4v) is 2.59. The molecule has 0 aliphatic carbocycles. The summed E-state index contributed by atoms with van der Waals surface area (Å²) in [7, 11) is 0. The first-order valence-electron chi connectivity index (χ1n) is 5.76. The van der Waals surface area contributed by atoms with Crippen molar-refractivity contribution in [2.75, 3.05) is 5.32 Å². The van der Waals surface area contributed by atoms with Gasteiger partial charge in [0.25, 0.3) is 5.91 Å². The number of rotatable bonds is 3. The maximum absolute atomic E-state index is 12.2. The van der Waals surface area contributed by atoms with Crippen LogP contribution in [0.25, 0.3) is 11.0 Å². The Hall–Kier alpha value is -2.60. The predicted octanol–water partition coefficient (Wildman–Crippen LogP) is 3.44. The van der Waals surface area contributed by atoms with Crippen LogP contribution >= 0.6 is 11.3 Å². The minimum absolute atomic E-state index is 0.178. The summed E-state index contributed by atoms with van der Waals surface area (Å²) in [6.07, 6.45) is 1.39. The standard InChI is InChI=1S/C14H9NO4S/c16-13(15-12-6-5-11(20-12)14(17)18)9-7-19-10-4-2-1-3-8(9)10/h1-7H,(H,15,16)(H,17,18). The second kappa shape index (κ2) is 4.82. The van der Waals surface area contributed by atoms with Gasteiger partial charge in [0.2, 0.25) is 0 Å². The van der Waals surface area contributed by atoms with E-state index in [1.165, 1.54) is 12.3 Å². The number of aromatic carboxylic acids is 1. The first kappa shape index (κ1) is 12.4. The minimum atomic E-state index is -1.01. The second-order valence-corrected chi connectivity index (χ2v) is 5.15. The van der Waals surface area contributed by atoms with Gasteiger partial charge in [-0.15, -0.1) is 11.3 Å². The Kier molecular flexibility index (Phi) is 3.00. The number of anilines is 1. The molecule has 0 saturated heterocycles. The molecule has 6 heteroatoms. The van der Waals surface area contributed by atoms with Crippen molar-refractivity contribution in [2.24, 2.45) is 0 Å². The number of hydrogen-bond donors (Lipinski definition) is 2. The molecule has 2 N–H and O–H groups in total. The fraction of sp³-hybridized carbons (Fsp3) is 0. The van der Waals surface area contributed by atoms with Crippen molar-refractivity contribution < 1.29 is 19.1 Å². The van der Waals surface area contributed by atoms with E-state index in [-0.39, 0.29) is 10.8 Å². The van der Waals surface area contributed by atoms with Gasteiger partial charge in [0.15, 0.2) is 0 Å². The largest absolute Gasteiger partial charge is 0.477 e. The topological polar surface area (TPSA) is 79.5 Å². The molecule has 0 spiro atoms. The Bertz CT molecular complexity index is 802. The minimum Gasteiger partial charge on any atom is -0.477 e.